The van der Waals surface area contributed by atoms with E-state index in [1.165, 1.54) is 31.2 Å². The third-order valence-electron chi connectivity index (χ3n) is 4.51. The Hall–Kier alpha value is -1.06. The van der Waals surface area contributed by atoms with E-state index in [-0.39, 0.29) is 0 Å². The average molecular weight is 260 g/mol. The lowest BCUT2D eigenvalue weighted by Crippen LogP contribution is -2.53. The van der Waals surface area contributed by atoms with Crippen LogP contribution in [0, 0.1) is 0 Å². The summed E-state index contributed by atoms with van der Waals surface area (Å²) in [5, 5.41) is 0. The molecule has 2 N–H and O–H groups in total. The van der Waals surface area contributed by atoms with Gasteiger partial charge in [-0.15, -0.1) is 0 Å². The van der Waals surface area contributed by atoms with Crippen LogP contribution in [-0.4, -0.2) is 36.7 Å². The number of fused-ring (bicyclic) bond motifs is 1. The second-order valence-electron chi connectivity index (χ2n) is 5.79. The number of anilines is 1. The minimum Gasteiger partial charge on any atom is -0.399 e. The Kier molecular flexibility index (Phi) is 4.04. The molecule has 1 saturated carbocycles. The molecule has 2 aliphatic rings. The molecule has 0 radical (unpaired) electrons. The summed E-state index contributed by atoms with van der Waals surface area (Å²) in [6.07, 6.45) is 6.88. The lowest BCUT2D eigenvalue weighted by molar-refractivity contribution is -0.0875. The van der Waals surface area contributed by atoms with Crippen LogP contribution in [0.1, 0.15) is 31.2 Å². The predicted octanol–water partition coefficient (Wildman–Crippen LogP) is 2.45. The molecule has 3 heteroatoms. The molecular formula is C16H24N2O. The highest BCUT2D eigenvalue weighted by atomic mass is 16.5. The summed E-state index contributed by atoms with van der Waals surface area (Å²) in [6.45, 7) is 3.15. The molecule has 19 heavy (non-hydrogen) atoms. The topological polar surface area (TPSA) is 38.5 Å². The zero-order chi connectivity index (χ0) is 13.1. The number of hydrogen-bond donors (Lipinski definition) is 1. The monoisotopic (exact) mass is 260 g/mol. The Morgan fingerprint density at radius 2 is 1.95 bits per heavy atom. The minimum atomic E-state index is 0.494. The molecule has 1 aliphatic carbocycles. The van der Waals surface area contributed by atoms with Gasteiger partial charge < -0.3 is 10.5 Å². The van der Waals surface area contributed by atoms with E-state index < -0.39 is 0 Å². The predicted molar refractivity (Wildman–Crippen MR) is 78.1 cm³/mol. The van der Waals surface area contributed by atoms with Crippen LogP contribution in [0.3, 0.4) is 0 Å². The van der Waals surface area contributed by atoms with Gasteiger partial charge in [0.05, 0.1) is 12.7 Å². The van der Waals surface area contributed by atoms with Gasteiger partial charge in [0.2, 0.25) is 0 Å². The molecule has 1 aromatic carbocycles. The molecule has 3 rings (SSSR count). The van der Waals surface area contributed by atoms with Gasteiger partial charge in [-0.2, -0.15) is 0 Å². The van der Waals surface area contributed by atoms with Crippen molar-refractivity contribution in [1.29, 1.82) is 0 Å². The van der Waals surface area contributed by atoms with Crippen LogP contribution < -0.4 is 5.73 Å². The highest BCUT2D eigenvalue weighted by Crippen LogP contribution is 2.28. The van der Waals surface area contributed by atoms with Crippen molar-refractivity contribution in [3.05, 3.63) is 29.8 Å². The minimum absolute atomic E-state index is 0.494. The van der Waals surface area contributed by atoms with Crippen molar-refractivity contribution in [1.82, 2.24) is 4.90 Å². The van der Waals surface area contributed by atoms with Gasteiger partial charge in [-0.05, 0) is 37.0 Å². The molecule has 1 aliphatic heterocycles. The number of rotatable bonds is 3. The third-order valence-corrected chi connectivity index (χ3v) is 4.51. The number of nitrogen functional groups attached to an aromatic ring is 1. The van der Waals surface area contributed by atoms with Crippen molar-refractivity contribution in [2.45, 2.75) is 44.2 Å². The summed E-state index contributed by atoms with van der Waals surface area (Å²) in [5.74, 6) is 0. The maximum Gasteiger partial charge on any atom is 0.0730 e. The second kappa shape index (κ2) is 5.93. The molecule has 0 amide bonds. The van der Waals surface area contributed by atoms with Gasteiger partial charge in [0.25, 0.3) is 0 Å². The highest BCUT2D eigenvalue weighted by Gasteiger charge is 2.33. The van der Waals surface area contributed by atoms with E-state index in [2.05, 4.69) is 17.0 Å². The number of benzene rings is 1. The quantitative estimate of drug-likeness (QED) is 0.848. The molecule has 1 saturated heterocycles. The van der Waals surface area contributed by atoms with Crippen LogP contribution in [0.2, 0.25) is 0 Å². The number of hydrogen-bond acceptors (Lipinski definition) is 3. The number of ether oxygens (including phenoxy) is 1. The average Bonchev–Trinajstić information content (AvgIpc) is 2.47. The molecule has 0 spiro atoms. The molecule has 3 nitrogen and oxygen atoms in total. The lowest BCUT2D eigenvalue weighted by Gasteiger charge is -2.43. The first-order valence-corrected chi connectivity index (χ1v) is 7.53. The van der Waals surface area contributed by atoms with Crippen molar-refractivity contribution >= 4 is 5.69 Å². The smallest absolute Gasteiger partial charge is 0.0730 e. The van der Waals surface area contributed by atoms with E-state index in [4.69, 9.17) is 10.5 Å². The van der Waals surface area contributed by atoms with Crippen molar-refractivity contribution in [2.24, 2.45) is 0 Å². The fourth-order valence-corrected chi connectivity index (χ4v) is 3.41. The first kappa shape index (κ1) is 12.9. The summed E-state index contributed by atoms with van der Waals surface area (Å²) in [5.41, 5.74) is 7.96. The fourth-order valence-electron chi connectivity index (χ4n) is 3.41. The van der Waals surface area contributed by atoms with Crippen LogP contribution in [0.5, 0.6) is 0 Å². The van der Waals surface area contributed by atoms with Gasteiger partial charge in [-0.25, -0.2) is 0 Å². The Morgan fingerprint density at radius 3 is 2.79 bits per heavy atom. The molecule has 1 heterocycles. The Balaban J connectivity index is 1.57. The second-order valence-corrected chi connectivity index (χ2v) is 5.79. The van der Waals surface area contributed by atoms with Gasteiger partial charge in [0.15, 0.2) is 0 Å². The fraction of sp³-hybridized carbons (Fsp3) is 0.625. The molecule has 104 valence electrons. The van der Waals surface area contributed by atoms with E-state index in [1.807, 2.05) is 12.1 Å². The first-order valence-electron chi connectivity index (χ1n) is 7.53. The normalized spacial score (nSPS) is 28.0. The van der Waals surface area contributed by atoms with Crippen LogP contribution in [-0.2, 0) is 11.2 Å². The zero-order valence-corrected chi connectivity index (χ0v) is 11.6. The number of nitrogens with zero attached hydrogens (tertiary/aromatic N) is 1. The van der Waals surface area contributed by atoms with Gasteiger partial charge in [-0.3, -0.25) is 4.90 Å². The van der Waals surface area contributed by atoms with E-state index in [0.29, 0.717) is 12.1 Å². The van der Waals surface area contributed by atoms with Crippen molar-refractivity contribution < 1.29 is 4.74 Å². The molecule has 0 bridgehead atoms. The number of nitrogens with two attached hydrogens (primary N) is 1. The van der Waals surface area contributed by atoms with Crippen LogP contribution >= 0.6 is 0 Å². The first-order chi connectivity index (χ1) is 9.33. The summed E-state index contributed by atoms with van der Waals surface area (Å²) in [6, 6.07) is 8.95. The van der Waals surface area contributed by atoms with Crippen molar-refractivity contribution in [3.8, 4) is 0 Å². The maximum atomic E-state index is 5.92. The van der Waals surface area contributed by atoms with E-state index in [1.54, 1.807) is 0 Å². The molecule has 0 aromatic heterocycles. The van der Waals surface area contributed by atoms with Gasteiger partial charge in [0, 0.05) is 24.8 Å². The van der Waals surface area contributed by atoms with E-state index in [9.17, 15) is 0 Å². The van der Waals surface area contributed by atoms with E-state index in [0.717, 1.165) is 31.8 Å². The van der Waals surface area contributed by atoms with Gasteiger partial charge in [0.1, 0.15) is 0 Å². The van der Waals surface area contributed by atoms with Crippen LogP contribution in [0.4, 0.5) is 5.69 Å². The van der Waals surface area contributed by atoms with Crippen LogP contribution in [0.25, 0.3) is 0 Å². The van der Waals surface area contributed by atoms with E-state index >= 15 is 0 Å². The van der Waals surface area contributed by atoms with Gasteiger partial charge >= 0.3 is 0 Å². The van der Waals surface area contributed by atoms with Crippen LogP contribution in [0.15, 0.2) is 24.3 Å². The maximum absolute atomic E-state index is 5.92. The number of morpholine rings is 1. The largest absolute Gasteiger partial charge is 0.399 e. The molecule has 2 fully saturated rings. The Bertz CT molecular complexity index is 402. The molecule has 1 aromatic rings. The molecule has 2 atom stereocenters. The standard InChI is InChI=1S/C16H24N2O/c17-14-7-5-13(6-8-14)9-10-18-11-12-19-16-4-2-1-3-15(16)18/h5-8,15-16H,1-4,9-12,17H2. The lowest BCUT2D eigenvalue weighted by atomic mass is 9.90. The SMILES string of the molecule is Nc1ccc(CCN2CCOC3CCCCC32)cc1. The Labute approximate surface area is 115 Å². The van der Waals surface area contributed by atoms with Crippen molar-refractivity contribution in [3.63, 3.8) is 0 Å². The Morgan fingerprint density at radius 1 is 1.16 bits per heavy atom. The summed E-state index contributed by atoms with van der Waals surface area (Å²) >= 11 is 0. The summed E-state index contributed by atoms with van der Waals surface area (Å²) in [7, 11) is 0. The zero-order valence-electron chi connectivity index (χ0n) is 11.6. The third kappa shape index (κ3) is 3.10. The van der Waals surface area contributed by atoms with Crippen molar-refractivity contribution in [2.75, 3.05) is 25.4 Å². The van der Waals surface area contributed by atoms with Gasteiger partial charge in [-0.1, -0.05) is 25.0 Å². The molecule has 2 unspecified atom stereocenters. The highest BCUT2D eigenvalue weighted by molar-refractivity contribution is 5.39. The summed E-state index contributed by atoms with van der Waals surface area (Å²) in [4.78, 5) is 2.64. The summed E-state index contributed by atoms with van der Waals surface area (Å²) < 4.78 is 5.92. The molecular weight excluding hydrogens is 236 g/mol.